The molecule has 0 unspecified atom stereocenters. The van der Waals surface area contributed by atoms with Gasteiger partial charge in [-0.15, -0.1) is 0 Å². The summed E-state index contributed by atoms with van der Waals surface area (Å²) >= 11 is 0. The van der Waals surface area contributed by atoms with Gasteiger partial charge in [0.1, 0.15) is 0 Å². The SMILES string of the molecule is COc1cccc(CN(C)C(=O)CN(C)C)n1. The number of carbonyl (C=O) groups is 1. The molecule has 0 saturated carbocycles. The Morgan fingerprint density at radius 2 is 2.06 bits per heavy atom. The molecule has 5 nitrogen and oxygen atoms in total. The highest BCUT2D eigenvalue weighted by Gasteiger charge is 2.10. The van der Waals surface area contributed by atoms with Crippen molar-refractivity contribution in [3.05, 3.63) is 23.9 Å². The normalized spacial score (nSPS) is 10.4. The average Bonchev–Trinajstić information content (AvgIpc) is 2.28. The van der Waals surface area contributed by atoms with Crippen LogP contribution in [0.4, 0.5) is 0 Å². The van der Waals surface area contributed by atoms with Crippen LogP contribution < -0.4 is 4.74 Å². The molecule has 0 spiro atoms. The summed E-state index contributed by atoms with van der Waals surface area (Å²) < 4.78 is 5.04. The third-order valence-electron chi connectivity index (χ3n) is 2.27. The van der Waals surface area contributed by atoms with E-state index in [1.54, 1.807) is 25.1 Å². The third kappa shape index (κ3) is 4.40. The van der Waals surface area contributed by atoms with Gasteiger partial charge in [0.2, 0.25) is 11.8 Å². The molecule has 0 radical (unpaired) electrons. The molecule has 0 aromatic carbocycles. The molecule has 1 aromatic heterocycles. The minimum absolute atomic E-state index is 0.0691. The van der Waals surface area contributed by atoms with Crippen LogP contribution in [0.1, 0.15) is 5.69 Å². The Morgan fingerprint density at radius 1 is 1.35 bits per heavy atom. The number of ether oxygens (including phenoxy) is 1. The lowest BCUT2D eigenvalue weighted by Crippen LogP contribution is -2.34. The quantitative estimate of drug-likeness (QED) is 0.752. The number of aromatic nitrogens is 1. The first-order chi connectivity index (χ1) is 8.02. The first kappa shape index (κ1) is 13.4. The molecule has 5 heteroatoms. The topological polar surface area (TPSA) is 45.7 Å². The van der Waals surface area contributed by atoms with Crippen molar-refractivity contribution in [2.75, 3.05) is 34.8 Å². The molecule has 0 bridgehead atoms. The van der Waals surface area contributed by atoms with Gasteiger partial charge in [0.05, 0.1) is 25.9 Å². The van der Waals surface area contributed by atoms with Gasteiger partial charge >= 0.3 is 0 Å². The van der Waals surface area contributed by atoms with E-state index in [2.05, 4.69) is 4.98 Å². The van der Waals surface area contributed by atoms with Crippen LogP contribution in [-0.4, -0.2) is 55.5 Å². The van der Waals surface area contributed by atoms with Crippen LogP contribution in [0.5, 0.6) is 5.88 Å². The lowest BCUT2D eigenvalue weighted by Gasteiger charge is -2.19. The van der Waals surface area contributed by atoms with E-state index in [-0.39, 0.29) is 5.91 Å². The molecule has 1 amide bonds. The van der Waals surface area contributed by atoms with Crippen molar-refractivity contribution in [2.24, 2.45) is 0 Å². The Kier molecular flexibility index (Phi) is 4.90. The number of rotatable bonds is 5. The standard InChI is InChI=1S/C12H19N3O2/c1-14(2)9-12(16)15(3)8-10-6-5-7-11(13-10)17-4/h5-7H,8-9H2,1-4H3. The Balaban J connectivity index is 2.60. The molecule has 0 N–H and O–H groups in total. The fraction of sp³-hybridized carbons (Fsp3) is 0.500. The van der Waals surface area contributed by atoms with Gasteiger partial charge < -0.3 is 14.5 Å². The number of methoxy groups -OCH3 is 1. The molecule has 0 aliphatic heterocycles. The van der Waals surface area contributed by atoms with Gasteiger partial charge in [0, 0.05) is 13.1 Å². The van der Waals surface area contributed by atoms with Gasteiger partial charge in [-0.3, -0.25) is 4.79 Å². The van der Waals surface area contributed by atoms with Gasteiger partial charge in [-0.25, -0.2) is 4.98 Å². The molecule has 0 aliphatic carbocycles. The Bertz CT molecular complexity index is 380. The van der Waals surface area contributed by atoms with E-state index in [0.29, 0.717) is 19.0 Å². The molecule has 1 rings (SSSR count). The highest BCUT2D eigenvalue weighted by Crippen LogP contribution is 2.08. The van der Waals surface area contributed by atoms with Crippen molar-refractivity contribution >= 4 is 5.91 Å². The molecule has 1 heterocycles. The average molecular weight is 237 g/mol. The molecule has 0 saturated heterocycles. The fourth-order valence-corrected chi connectivity index (χ4v) is 1.38. The minimum atomic E-state index is 0.0691. The number of nitrogens with zero attached hydrogens (tertiary/aromatic N) is 3. The summed E-state index contributed by atoms with van der Waals surface area (Å²) in [5.41, 5.74) is 0.818. The monoisotopic (exact) mass is 237 g/mol. The predicted molar refractivity (Wildman–Crippen MR) is 65.8 cm³/mol. The van der Waals surface area contributed by atoms with E-state index in [1.165, 1.54) is 0 Å². The summed E-state index contributed by atoms with van der Waals surface area (Å²) in [6.45, 7) is 0.893. The van der Waals surface area contributed by atoms with Crippen LogP contribution in [0, 0.1) is 0 Å². The summed E-state index contributed by atoms with van der Waals surface area (Å²) in [6.07, 6.45) is 0. The van der Waals surface area contributed by atoms with Crippen LogP contribution in [0.15, 0.2) is 18.2 Å². The predicted octanol–water partition coefficient (Wildman–Crippen LogP) is 0.610. The lowest BCUT2D eigenvalue weighted by atomic mass is 10.3. The molecular formula is C12H19N3O2. The Hall–Kier alpha value is -1.62. The second kappa shape index (κ2) is 6.20. The molecule has 17 heavy (non-hydrogen) atoms. The summed E-state index contributed by atoms with van der Waals surface area (Å²) in [5.74, 6) is 0.635. The fourth-order valence-electron chi connectivity index (χ4n) is 1.38. The smallest absolute Gasteiger partial charge is 0.236 e. The third-order valence-corrected chi connectivity index (χ3v) is 2.27. The van der Waals surface area contributed by atoms with Crippen LogP contribution in [0.2, 0.25) is 0 Å². The van der Waals surface area contributed by atoms with Crippen molar-refractivity contribution in [1.29, 1.82) is 0 Å². The van der Waals surface area contributed by atoms with E-state index in [1.807, 2.05) is 31.1 Å². The Morgan fingerprint density at radius 3 is 2.65 bits per heavy atom. The maximum atomic E-state index is 11.7. The summed E-state index contributed by atoms with van der Waals surface area (Å²) in [4.78, 5) is 19.5. The van der Waals surface area contributed by atoms with E-state index < -0.39 is 0 Å². The van der Waals surface area contributed by atoms with Gasteiger partial charge in [-0.1, -0.05) is 6.07 Å². The maximum absolute atomic E-state index is 11.7. The van der Waals surface area contributed by atoms with Gasteiger partial charge in [0.15, 0.2) is 0 Å². The summed E-state index contributed by atoms with van der Waals surface area (Å²) in [7, 11) is 7.09. The zero-order chi connectivity index (χ0) is 12.8. The maximum Gasteiger partial charge on any atom is 0.236 e. The highest BCUT2D eigenvalue weighted by molar-refractivity contribution is 5.77. The number of pyridine rings is 1. The molecule has 0 atom stereocenters. The van der Waals surface area contributed by atoms with E-state index in [0.717, 1.165) is 5.69 Å². The van der Waals surface area contributed by atoms with Crippen molar-refractivity contribution in [1.82, 2.24) is 14.8 Å². The van der Waals surface area contributed by atoms with E-state index >= 15 is 0 Å². The number of likely N-dealkylation sites (N-methyl/N-ethyl adjacent to an activating group) is 2. The van der Waals surface area contributed by atoms with E-state index in [4.69, 9.17) is 4.74 Å². The zero-order valence-corrected chi connectivity index (χ0v) is 10.8. The Labute approximate surface area is 102 Å². The number of carbonyl (C=O) groups excluding carboxylic acids is 1. The zero-order valence-electron chi connectivity index (χ0n) is 10.8. The lowest BCUT2D eigenvalue weighted by molar-refractivity contribution is -0.131. The van der Waals surface area contributed by atoms with Crippen molar-refractivity contribution < 1.29 is 9.53 Å². The molecule has 0 aliphatic rings. The van der Waals surface area contributed by atoms with Gasteiger partial charge in [0.25, 0.3) is 0 Å². The number of hydrogen-bond acceptors (Lipinski definition) is 4. The second-order valence-corrected chi connectivity index (χ2v) is 4.16. The summed E-state index contributed by atoms with van der Waals surface area (Å²) in [5, 5.41) is 0. The summed E-state index contributed by atoms with van der Waals surface area (Å²) in [6, 6.07) is 5.53. The van der Waals surface area contributed by atoms with Crippen molar-refractivity contribution in [3.63, 3.8) is 0 Å². The van der Waals surface area contributed by atoms with Crippen LogP contribution in [-0.2, 0) is 11.3 Å². The van der Waals surface area contributed by atoms with Crippen LogP contribution >= 0.6 is 0 Å². The largest absolute Gasteiger partial charge is 0.481 e. The van der Waals surface area contributed by atoms with Crippen LogP contribution in [0.25, 0.3) is 0 Å². The number of amides is 1. The van der Waals surface area contributed by atoms with E-state index in [9.17, 15) is 4.79 Å². The molecule has 0 fully saturated rings. The molecule has 1 aromatic rings. The van der Waals surface area contributed by atoms with Gasteiger partial charge in [-0.05, 0) is 20.2 Å². The molecular weight excluding hydrogens is 218 g/mol. The van der Waals surface area contributed by atoms with Gasteiger partial charge in [-0.2, -0.15) is 0 Å². The molecule has 94 valence electrons. The minimum Gasteiger partial charge on any atom is -0.481 e. The van der Waals surface area contributed by atoms with Crippen LogP contribution in [0.3, 0.4) is 0 Å². The second-order valence-electron chi connectivity index (χ2n) is 4.16. The first-order valence-electron chi connectivity index (χ1n) is 5.41. The highest BCUT2D eigenvalue weighted by atomic mass is 16.5. The number of hydrogen-bond donors (Lipinski definition) is 0. The van der Waals surface area contributed by atoms with Crippen molar-refractivity contribution in [2.45, 2.75) is 6.54 Å². The first-order valence-corrected chi connectivity index (χ1v) is 5.41. The van der Waals surface area contributed by atoms with Crippen molar-refractivity contribution in [3.8, 4) is 5.88 Å².